The Balaban J connectivity index is 1.32. The van der Waals surface area contributed by atoms with Gasteiger partial charge in [0.15, 0.2) is 0 Å². The van der Waals surface area contributed by atoms with E-state index in [2.05, 4.69) is 29.0 Å². The number of rotatable bonds is 4. The molecule has 1 N–H and O–H groups in total. The van der Waals surface area contributed by atoms with E-state index in [1.165, 1.54) is 22.6 Å². The lowest BCUT2D eigenvalue weighted by molar-refractivity contribution is -0.917. The van der Waals surface area contributed by atoms with Crippen LogP contribution in [0.3, 0.4) is 0 Å². The summed E-state index contributed by atoms with van der Waals surface area (Å²) in [4.78, 5) is 16.4. The summed E-state index contributed by atoms with van der Waals surface area (Å²) in [5.74, 6) is 2.65. The summed E-state index contributed by atoms with van der Waals surface area (Å²) in [5, 5.41) is 4.37. The van der Waals surface area contributed by atoms with Gasteiger partial charge in [-0.2, -0.15) is 11.3 Å². The molecule has 2 aliphatic heterocycles. The number of hydrogen-bond donors (Lipinski definition) is 1. The van der Waals surface area contributed by atoms with Crippen LogP contribution < -0.4 is 4.90 Å². The normalized spacial score (nSPS) is 19.4. The third-order valence-electron chi connectivity index (χ3n) is 4.84. The molecule has 0 unspecified atom stereocenters. The first kappa shape index (κ1) is 17.5. The Morgan fingerprint density at radius 3 is 2.44 bits per heavy atom. The van der Waals surface area contributed by atoms with Crippen LogP contribution in [-0.4, -0.2) is 48.5 Å². The molecule has 25 heavy (non-hydrogen) atoms. The maximum atomic E-state index is 12.8. The molecule has 1 aromatic heterocycles. The molecule has 0 radical (unpaired) electrons. The zero-order valence-electron chi connectivity index (χ0n) is 14.1. The van der Waals surface area contributed by atoms with Crippen LogP contribution in [0.5, 0.6) is 0 Å². The summed E-state index contributed by atoms with van der Waals surface area (Å²) < 4.78 is 0.549. The molecule has 0 atom stereocenters. The van der Waals surface area contributed by atoms with E-state index in [9.17, 15) is 4.79 Å². The lowest BCUT2D eigenvalue weighted by Gasteiger charge is -2.32. The van der Waals surface area contributed by atoms with Crippen molar-refractivity contribution >= 4 is 40.8 Å². The number of piperazine rings is 1. The highest BCUT2D eigenvalue weighted by Crippen LogP contribution is 2.45. The summed E-state index contributed by atoms with van der Waals surface area (Å²) in [6.45, 7) is 4.86. The molecule has 4 rings (SSSR count). The van der Waals surface area contributed by atoms with E-state index in [0.29, 0.717) is 4.58 Å². The third kappa shape index (κ3) is 4.25. The van der Waals surface area contributed by atoms with E-state index in [1.807, 2.05) is 40.6 Å². The van der Waals surface area contributed by atoms with Crippen LogP contribution in [0.25, 0.3) is 0 Å². The van der Waals surface area contributed by atoms with Crippen LogP contribution in [0.15, 0.2) is 41.1 Å². The van der Waals surface area contributed by atoms with Gasteiger partial charge in [0, 0.05) is 22.6 Å². The van der Waals surface area contributed by atoms with Crippen LogP contribution in [0.2, 0.25) is 0 Å². The van der Waals surface area contributed by atoms with Gasteiger partial charge in [0.1, 0.15) is 6.54 Å². The lowest BCUT2D eigenvalue weighted by atomic mass is 10.1. The summed E-state index contributed by atoms with van der Waals surface area (Å²) in [6, 6.07) is 10.5. The van der Waals surface area contributed by atoms with Crippen molar-refractivity contribution in [2.45, 2.75) is 11.1 Å². The van der Waals surface area contributed by atoms with Crippen LogP contribution in [0.4, 0.5) is 0 Å². The molecular weight excluding hydrogens is 368 g/mol. The first-order valence-electron chi connectivity index (χ1n) is 8.77. The zero-order valence-corrected chi connectivity index (χ0v) is 16.6. The number of nitrogens with one attached hydrogen (secondary N) is 1. The standard InChI is InChI=1S/C19H22N2OS3/c22-18(16-1-3-17(4-2-16)19-24-11-12-25-19)21-8-6-20(7-9-21)13-15-5-10-23-14-15/h1-5,10,14,19H,6-9,11-13H2/p+1. The van der Waals surface area contributed by atoms with Gasteiger partial charge < -0.3 is 9.80 Å². The van der Waals surface area contributed by atoms with E-state index >= 15 is 0 Å². The predicted octanol–water partition coefficient (Wildman–Crippen LogP) is 2.77. The average molecular weight is 392 g/mol. The Morgan fingerprint density at radius 2 is 1.80 bits per heavy atom. The first-order chi connectivity index (χ1) is 12.3. The van der Waals surface area contributed by atoms with Gasteiger partial charge in [0.2, 0.25) is 0 Å². The second kappa shape index (κ2) is 8.16. The van der Waals surface area contributed by atoms with E-state index in [4.69, 9.17) is 0 Å². The number of carbonyl (C=O) groups is 1. The smallest absolute Gasteiger partial charge is 0.254 e. The molecule has 1 amide bonds. The van der Waals surface area contributed by atoms with Crippen molar-refractivity contribution in [3.63, 3.8) is 0 Å². The minimum Gasteiger partial charge on any atom is -0.328 e. The second-order valence-electron chi connectivity index (χ2n) is 6.55. The Morgan fingerprint density at radius 1 is 1.08 bits per heavy atom. The molecular formula is C19H23N2OS3+. The van der Waals surface area contributed by atoms with Crippen molar-refractivity contribution in [3.05, 3.63) is 57.8 Å². The molecule has 2 aliphatic rings. The summed E-state index contributed by atoms with van der Waals surface area (Å²) in [6.07, 6.45) is 0. The van der Waals surface area contributed by atoms with E-state index in [1.54, 1.807) is 16.2 Å². The Bertz CT molecular complexity index is 688. The number of nitrogens with zero attached hydrogens (tertiary/aromatic N) is 1. The van der Waals surface area contributed by atoms with Crippen molar-refractivity contribution in [2.24, 2.45) is 0 Å². The van der Waals surface area contributed by atoms with Gasteiger partial charge in [0.25, 0.3) is 5.91 Å². The summed E-state index contributed by atoms with van der Waals surface area (Å²) in [7, 11) is 0. The molecule has 0 bridgehead atoms. The molecule has 1 aromatic carbocycles. The molecule has 2 aromatic rings. The van der Waals surface area contributed by atoms with Gasteiger partial charge in [-0.05, 0) is 34.5 Å². The fourth-order valence-corrected chi connectivity index (χ4v) is 6.93. The fraction of sp³-hybridized carbons (Fsp3) is 0.421. The SMILES string of the molecule is O=C(c1ccc(C2SCCS2)cc1)N1CC[NH+](Cc2ccsc2)CC1. The highest BCUT2D eigenvalue weighted by Gasteiger charge is 2.25. The van der Waals surface area contributed by atoms with Gasteiger partial charge >= 0.3 is 0 Å². The quantitative estimate of drug-likeness (QED) is 0.867. The maximum Gasteiger partial charge on any atom is 0.254 e. The van der Waals surface area contributed by atoms with Crippen LogP contribution in [-0.2, 0) is 6.54 Å². The highest BCUT2D eigenvalue weighted by atomic mass is 32.2. The molecule has 2 saturated heterocycles. The van der Waals surface area contributed by atoms with Crippen LogP contribution >= 0.6 is 34.9 Å². The number of hydrogen-bond acceptors (Lipinski definition) is 4. The molecule has 132 valence electrons. The number of thiophene rings is 1. The molecule has 6 heteroatoms. The number of carbonyl (C=O) groups excluding carboxylic acids is 1. The van der Waals surface area contributed by atoms with E-state index in [0.717, 1.165) is 38.3 Å². The molecule has 2 fully saturated rings. The minimum absolute atomic E-state index is 0.188. The summed E-state index contributed by atoms with van der Waals surface area (Å²) >= 11 is 5.77. The van der Waals surface area contributed by atoms with Crippen molar-refractivity contribution in [1.82, 2.24) is 4.90 Å². The van der Waals surface area contributed by atoms with Gasteiger partial charge in [-0.1, -0.05) is 12.1 Å². The second-order valence-corrected chi connectivity index (χ2v) is 10.1. The van der Waals surface area contributed by atoms with Crippen molar-refractivity contribution in [1.29, 1.82) is 0 Å². The monoisotopic (exact) mass is 391 g/mol. The Labute approximate surface area is 161 Å². The van der Waals surface area contributed by atoms with Gasteiger partial charge in [-0.3, -0.25) is 4.79 Å². The highest BCUT2D eigenvalue weighted by molar-refractivity contribution is 8.19. The summed E-state index contributed by atoms with van der Waals surface area (Å²) in [5.41, 5.74) is 3.59. The van der Waals surface area contributed by atoms with Gasteiger partial charge in [0.05, 0.1) is 30.8 Å². The number of thioether (sulfide) groups is 2. The number of benzene rings is 1. The Kier molecular flexibility index (Phi) is 5.70. The van der Waals surface area contributed by atoms with Crippen molar-refractivity contribution in [3.8, 4) is 0 Å². The average Bonchev–Trinajstić information content (AvgIpc) is 3.36. The predicted molar refractivity (Wildman–Crippen MR) is 109 cm³/mol. The fourth-order valence-electron chi connectivity index (χ4n) is 3.40. The van der Waals surface area contributed by atoms with Gasteiger partial charge in [-0.25, -0.2) is 0 Å². The zero-order chi connectivity index (χ0) is 17.1. The third-order valence-corrected chi connectivity index (χ3v) is 8.68. The molecule has 3 heterocycles. The minimum atomic E-state index is 0.188. The topological polar surface area (TPSA) is 24.8 Å². The Hall–Kier alpha value is -0.950. The maximum absolute atomic E-state index is 12.8. The molecule has 0 saturated carbocycles. The van der Waals surface area contributed by atoms with Crippen LogP contribution in [0, 0.1) is 0 Å². The molecule has 0 aliphatic carbocycles. The van der Waals surface area contributed by atoms with Gasteiger partial charge in [-0.15, -0.1) is 23.5 Å². The largest absolute Gasteiger partial charge is 0.328 e. The van der Waals surface area contributed by atoms with Crippen molar-refractivity contribution < 1.29 is 9.69 Å². The van der Waals surface area contributed by atoms with Crippen molar-refractivity contribution in [2.75, 3.05) is 37.7 Å². The van der Waals surface area contributed by atoms with E-state index < -0.39 is 0 Å². The number of amides is 1. The number of quaternary nitrogens is 1. The lowest BCUT2D eigenvalue weighted by Crippen LogP contribution is -3.13. The van der Waals surface area contributed by atoms with E-state index in [-0.39, 0.29) is 5.91 Å². The van der Waals surface area contributed by atoms with Crippen LogP contribution in [0.1, 0.15) is 26.1 Å². The first-order valence-corrected chi connectivity index (χ1v) is 11.8. The molecule has 0 spiro atoms. The molecule has 3 nitrogen and oxygen atoms in total.